The van der Waals surface area contributed by atoms with Gasteiger partial charge in [0.25, 0.3) is 0 Å². The molecule has 3 heteroatoms. The second kappa shape index (κ2) is 3.59. The average molecular weight is 223 g/mol. The average Bonchev–Trinajstić information content (AvgIpc) is 2.61. The Labute approximate surface area is 97.1 Å². The number of likely N-dealkylation sites (tertiary alicyclic amines) is 1. The summed E-state index contributed by atoms with van der Waals surface area (Å²) < 4.78 is 0. The van der Waals surface area contributed by atoms with E-state index in [1.54, 1.807) is 4.90 Å². The van der Waals surface area contributed by atoms with E-state index in [2.05, 4.69) is 33.8 Å². The van der Waals surface area contributed by atoms with Crippen LogP contribution in [0, 0.1) is 17.3 Å². The molecule has 1 saturated heterocycles. The highest BCUT2D eigenvalue weighted by Gasteiger charge is 2.61. The first-order valence-electron chi connectivity index (χ1n) is 5.96. The lowest BCUT2D eigenvalue weighted by Crippen LogP contribution is -2.54. The van der Waals surface area contributed by atoms with Crippen molar-refractivity contribution < 1.29 is 9.90 Å². The number of aliphatic hydroxyl groups is 1. The van der Waals surface area contributed by atoms with E-state index in [1.165, 1.54) is 5.57 Å². The molecule has 0 aromatic rings. The Balaban J connectivity index is 2.01. The van der Waals surface area contributed by atoms with E-state index in [0.717, 1.165) is 0 Å². The van der Waals surface area contributed by atoms with Gasteiger partial charge in [-0.25, -0.2) is 0 Å². The minimum Gasteiger partial charge on any atom is -0.389 e. The van der Waals surface area contributed by atoms with E-state index in [0.29, 0.717) is 19.0 Å². The molecule has 1 aliphatic heterocycles. The molecule has 2 atom stereocenters. The molecular formula is C13H21NO2. The SMILES string of the molecule is CC(C)=CC1C(C(=O)N2CC(O)C2)C1(C)C. The Morgan fingerprint density at radius 1 is 1.38 bits per heavy atom. The van der Waals surface area contributed by atoms with Crippen LogP contribution >= 0.6 is 0 Å². The molecule has 0 radical (unpaired) electrons. The fourth-order valence-corrected chi connectivity index (χ4v) is 2.65. The van der Waals surface area contributed by atoms with Crippen LogP contribution in [0.4, 0.5) is 0 Å². The van der Waals surface area contributed by atoms with E-state index in [1.807, 2.05) is 0 Å². The smallest absolute Gasteiger partial charge is 0.227 e. The van der Waals surface area contributed by atoms with Gasteiger partial charge in [-0.15, -0.1) is 0 Å². The third kappa shape index (κ3) is 1.77. The van der Waals surface area contributed by atoms with Crippen molar-refractivity contribution in [3.8, 4) is 0 Å². The van der Waals surface area contributed by atoms with Crippen molar-refractivity contribution in [2.45, 2.75) is 33.8 Å². The minimum absolute atomic E-state index is 0.0922. The summed E-state index contributed by atoms with van der Waals surface area (Å²) in [6, 6.07) is 0. The molecule has 1 saturated carbocycles. The molecule has 0 aromatic heterocycles. The number of hydrogen-bond donors (Lipinski definition) is 1. The fraction of sp³-hybridized carbons (Fsp3) is 0.769. The van der Waals surface area contributed by atoms with Crippen LogP contribution in [0.1, 0.15) is 27.7 Å². The first-order valence-corrected chi connectivity index (χ1v) is 5.96. The summed E-state index contributed by atoms with van der Waals surface area (Å²) in [5, 5.41) is 9.21. The molecule has 1 amide bonds. The number of carbonyl (C=O) groups is 1. The van der Waals surface area contributed by atoms with Crippen molar-refractivity contribution in [2.24, 2.45) is 17.3 Å². The van der Waals surface area contributed by atoms with Gasteiger partial charge in [-0.3, -0.25) is 4.79 Å². The topological polar surface area (TPSA) is 40.5 Å². The van der Waals surface area contributed by atoms with E-state index in [9.17, 15) is 9.90 Å². The normalized spacial score (nSPS) is 31.9. The zero-order valence-corrected chi connectivity index (χ0v) is 10.5. The van der Waals surface area contributed by atoms with Gasteiger partial charge in [-0.05, 0) is 25.2 Å². The molecule has 0 aromatic carbocycles. The van der Waals surface area contributed by atoms with Crippen LogP contribution in [0.3, 0.4) is 0 Å². The number of hydrogen-bond acceptors (Lipinski definition) is 2. The first kappa shape index (κ1) is 11.6. The lowest BCUT2D eigenvalue weighted by Gasteiger charge is -2.36. The number of β-amino-alcohol motifs (C(OH)–C–C–N with tert-alkyl or cyclic N) is 1. The first-order chi connectivity index (χ1) is 7.34. The monoisotopic (exact) mass is 223 g/mol. The summed E-state index contributed by atoms with van der Waals surface area (Å²) in [6.07, 6.45) is 1.91. The predicted molar refractivity (Wildman–Crippen MR) is 62.8 cm³/mol. The molecule has 2 aliphatic rings. The zero-order valence-electron chi connectivity index (χ0n) is 10.5. The van der Waals surface area contributed by atoms with Gasteiger partial charge in [0.05, 0.1) is 12.0 Å². The minimum atomic E-state index is -0.298. The number of amides is 1. The molecule has 3 nitrogen and oxygen atoms in total. The zero-order chi connectivity index (χ0) is 12.1. The number of aliphatic hydroxyl groups excluding tert-OH is 1. The molecule has 90 valence electrons. The van der Waals surface area contributed by atoms with Gasteiger partial charge in [0.2, 0.25) is 5.91 Å². The quantitative estimate of drug-likeness (QED) is 0.719. The molecule has 1 aliphatic carbocycles. The lowest BCUT2D eigenvalue weighted by atomic mass is 10.1. The Kier molecular flexibility index (Phi) is 2.61. The van der Waals surface area contributed by atoms with Crippen molar-refractivity contribution in [1.29, 1.82) is 0 Å². The van der Waals surface area contributed by atoms with E-state index < -0.39 is 0 Å². The summed E-state index contributed by atoms with van der Waals surface area (Å²) in [6.45, 7) is 9.48. The highest BCUT2D eigenvalue weighted by molar-refractivity contribution is 5.84. The number of carbonyl (C=O) groups excluding carboxylic acids is 1. The van der Waals surface area contributed by atoms with Gasteiger partial charge in [-0.1, -0.05) is 25.5 Å². The molecule has 1 heterocycles. The van der Waals surface area contributed by atoms with Crippen molar-refractivity contribution in [3.05, 3.63) is 11.6 Å². The third-order valence-corrected chi connectivity index (χ3v) is 3.86. The Hall–Kier alpha value is -0.830. The van der Waals surface area contributed by atoms with Gasteiger partial charge in [0.15, 0.2) is 0 Å². The molecule has 16 heavy (non-hydrogen) atoms. The summed E-state index contributed by atoms with van der Waals surface area (Å²) in [5.41, 5.74) is 1.37. The van der Waals surface area contributed by atoms with Crippen molar-refractivity contribution in [2.75, 3.05) is 13.1 Å². The lowest BCUT2D eigenvalue weighted by molar-refractivity contribution is -0.143. The van der Waals surface area contributed by atoms with Crippen LogP contribution in [0.15, 0.2) is 11.6 Å². The largest absolute Gasteiger partial charge is 0.389 e. The number of nitrogens with zero attached hydrogens (tertiary/aromatic N) is 1. The molecule has 0 bridgehead atoms. The van der Waals surface area contributed by atoms with Crippen molar-refractivity contribution >= 4 is 5.91 Å². The standard InChI is InChI=1S/C13H21NO2/c1-8(2)5-10-11(13(10,3)4)12(16)14-6-9(15)7-14/h5,9-11,15H,6-7H2,1-4H3. The van der Waals surface area contributed by atoms with Crippen molar-refractivity contribution in [1.82, 2.24) is 4.90 Å². The Morgan fingerprint density at radius 2 is 1.94 bits per heavy atom. The van der Waals surface area contributed by atoms with E-state index in [4.69, 9.17) is 0 Å². The van der Waals surface area contributed by atoms with Crippen molar-refractivity contribution in [3.63, 3.8) is 0 Å². The van der Waals surface area contributed by atoms with Crippen LogP contribution in [-0.2, 0) is 4.79 Å². The maximum atomic E-state index is 12.1. The van der Waals surface area contributed by atoms with Gasteiger partial charge in [0, 0.05) is 13.1 Å². The van der Waals surface area contributed by atoms with Crippen LogP contribution in [0.5, 0.6) is 0 Å². The maximum absolute atomic E-state index is 12.1. The highest BCUT2D eigenvalue weighted by atomic mass is 16.3. The van der Waals surface area contributed by atoms with E-state index in [-0.39, 0.29) is 23.3 Å². The maximum Gasteiger partial charge on any atom is 0.227 e. The molecular weight excluding hydrogens is 202 g/mol. The second-order valence-electron chi connectivity index (χ2n) is 5.97. The number of allylic oxidation sites excluding steroid dienone is 2. The third-order valence-electron chi connectivity index (χ3n) is 3.86. The summed E-state index contributed by atoms with van der Waals surface area (Å²) >= 11 is 0. The molecule has 2 fully saturated rings. The van der Waals surface area contributed by atoms with Gasteiger partial charge < -0.3 is 10.0 Å². The Bertz CT molecular complexity index is 336. The van der Waals surface area contributed by atoms with Crippen LogP contribution in [0.25, 0.3) is 0 Å². The summed E-state index contributed by atoms with van der Waals surface area (Å²) in [4.78, 5) is 13.9. The van der Waals surface area contributed by atoms with Crippen LogP contribution in [-0.4, -0.2) is 35.1 Å². The van der Waals surface area contributed by atoms with Crippen LogP contribution in [0.2, 0.25) is 0 Å². The van der Waals surface area contributed by atoms with Crippen LogP contribution < -0.4 is 0 Å². The molecule has 0 spiro atoms. The van der Waals surface area contributed by atoms with E-state index >= 15 is 0 Å². The predicted octanol–water partition coefficient (Wildman–Crippen LogP) is 1.43. The van der Waals surface area contributed by atoms with Gasteiger partial charge >= 0.3 is 0 Å². The fourth-order valence-electron chi connectivity index (χ4n) is 2.65. The highest BCUT2D eigenvalue weighted by Crippen LogP contribution is 2.60. The second-order valence-corrected chi connectivity index (χ2v) is 5.97. The number of rotatable bonds is 2. The molecule has 1 N–H and O–H groups in total. The molecule has 2 unspecified atom stereocenters. The Morgan fingerprint density at radius 3 is 2.38 bits per heavy atom. The molecule has 2 rings (SSSR count). The summed E-state index contributed by atoms with van der Waals surface area (Å²) in [5.74, 6) is 0.718. The van der Waals surface area contributed by atoms with Gasteiger partial charge in [-0.2, -0.15) is 0 Å². The van der Waals surface area contributed by atoms with Gasteiger partial charge in [0.1, 0.15) is 0 Å². The summed E-state index contributed by atoms with van der Waals surface area (Å²) in [7, 11) is 0.